The Morgan fingerprint density at radius 3 is 2.86 bits per heavy atom. The van der Waals surface area contributed by atoms with E-state index in [0.717, 1.165) is 0 Å². The van der Waals surface area contributed by atoms with Gasteiger partial charge in [0.1, 0.15) is 6.61 Å². The third-order valence-electron chi connectivity index (χ3n) is 2.05. The molecule has 14 heavy (non-hydrogen) atoms. The van der Waals surface area contributed by atoms with Crippen molar-refractivity contribution in [1.82, 2.24) is 4.90 Å². The van der Waals surface area contributed by atoms with Gasteiger partial charge in [0, 0.05) is 6.54 Å². The minimum atomic E-state index is -0.901. The molecule has 0 bridgehead atoms. The quantitative estimate of drug-likeness (QED) is 0.735. The third kappa shape index (κ3) is 2.61. The minimum absolute atomic E-state index is 0.0432. The van der Waals surface area contributed by atoms with Crippen LogP contribution in [0.1, 0.15) is 20.3 Å². The second-order valence-electron chi connectivity index (χ2n) is 3.87. The summed E-state index contributed by atoms with van der Waals surface area (Å²) >= 11 is 0. The van der Waals surface area contributed by atoms with E-state index in [1.54, 1.807) is 0 Å². The molecule has 0 aromatic rings. The van der Waals surface area contributed by atoms with E-state index in [0.29, 0.717) is 12.5 Å². The highest BCUT2D eigenvalue weighted by atomic mass is 16.6. The normalized spacial score (nSPS) is 21.5. The summed E-state index contributed by atoms with van der Waals surface area (Å²) < 4.78 is 4.80. The first-order valence-corrected chi connectivity index (χ1v) is 4.66. The molecule has 0 aliphatic carbocycles. The highest BCUT2D eigenvalue weighted by Gasteiger charge is 2.34. The number of carbonyl (C=O) groups excluding carboxylic acids is 1. The lowest BCUT2D eigenvalue weighted by atomic mass is 10.1. The molecule has 1 atom stereocenters. The van der Waals surface area contributed by atoms with Gasteiger partial charge in [-0.25, -0.2) is 4.79 Å². The van der Waals surface area contributed by atoms with Crippen LogP contribution in [0.3, 0.4) is 0 Å². The van der Waals surface area contributed by atoms with E-state index < -0.39 is 12.1 Å². The molecular formula is C9H15NO4. The summed E-state index contributed by atoms with van der Waals surface area (Å²) in [6.07, 6.45) is -0.441. The maximum absolute atomic E-state index is 11.2. The van der Waals surface area contributed by atoms with Crippen LogP contribution in [0.5, 0.6) is 0 Å². The number of hydrogen-bond acceptors (Lipinski definition) is 3. The lowest BCUT2D eigenvalue weighted by Crippen LogP contribution is -2.37. The molecule has 5 heteroatoms. The number of nitrogens with zero attached hydrogens (tertiary/aromatic N) is 1. The maximum Gasteiger partial charge on any atom is 0.410 e. The van der Waals surface area contributed by atoms with Crippen molar-refractivity contribution in [1.29, 1.82) is 0 Å². The standard InChI is InChI=1S/C9H15NO4/c1-6(2)4-10-7(3-8(11)12)5-14-9(10)13/h6-7H,3-5H2,1-2H3,(H,11,12). The Hall–Kier alpha value is -1.26. The van der Waals surface area contributed by atoms with E-state index >= 15 is 0 Å². The largest absolute Gasteiger partial charge is 0.481 e. The van der Waals surface area contributed by atoms with E-state index in [4.69, 9.17) is 9.84 Å². The summed E-state index contributed by atoms with van der Waals surface area (Å²) in [5.41, 5.74) is 0. The molecule has 1 heterocycles. The van der Waals surface area contributed by atoms with Crippen molar-refractivity contribution in [3.63, 3.8) is 0 Å². The van der Waals surface area contributed by atoms with E-state index in [9.17, 15) is 9.59 Å². The van der Waals surface area contributed by atoms with Gasteiger partial charge in [0.15, 0.2) is 0 Å². The van der Waals surface area contributed by atoms with E-state index in [1.807, 2.05) is 13.8 Å². The lowest BCUT2D eigenvalue weighted by Gasteiger charge is -2.21. The molecule has 0 radical (unpaired) electrons. The molecule has 5 nitrogen and oxygen atoms in total. The van der Waals surface area contributed by atoms with Crippen LogP contribution in [0.2, 0.25) is 0 Å². The molecule has 1 aliphatic rings. The van der Waals surface area contributed by atoms with Gasteiger partial charge in [-0.3, -0.25) is 4.79 Å². The summed E-state index contributed by atoms with van der Waals surface area (Å²) in [7, 11) is 0. The Labute approximate surface area is 82.6 Å². The summed E-state index contributed by atoms with van der Waals surface area (Å²) in [6, 6.07) is -0.303. The van der Waals surface area contributed by atoms with Gasteiger partial charge in [-0.1, -0.05) is 13.8 Å². The second-order valence-corrected chi connectivity index (χ2v) is 3.87. The fourth-order valence-corrected chi connectivity index (χ4v) is 1.48. The first-order chi connectivity index (χ1) is 6.50. The van der Waals surface area contributed by atoms with Crippen LogP contribution in [0.15, 0.2) is 0 Å². The molecule has 1 aliphatic heterocycles. The average Bonchev–Trinajstić information content (AvgIpc) is 2.34. The molecule has 1 fully saturated rings. The molecule has 0 aromatic carbocycles. The van der Waals surface area contributed by atoms with Crippen molar-refractivity contribution in [2.24, 2.45) is 5.92 Å². The number of carboxylic acids is 1. The number of ether oxygens (including phenoxy) is 1. The van der Waals surface area contributed by atoms with E-state index in [1.165, 1.54) is 4.90 Å². The molecule has 1 amide bonds. The van der Waals surface area contributed by atoms with Crippen molar-refractivity contribution in [3.8, 4) is 0 Å². The minimum Gasteiger partial charge on any atom is -0.481 e. The monoisotopic (exact) mass is 201 g/mol. The van der Waals surface area contributed by atoms with Gasteiger partial charge in [-0.2, -0.15) is 0 Å². The van der Waals surface area contributed by atoms with Gasteiger partial charge < -0.3 is 14.7 Å². The fraction of sp³-hybridized carbons (Fsp3) is 0.778. The van der Waals surface area contributed by atoms with E-state index in [-0.39, 0.29) is 19.1 Å². The number of carboxylic acid groups (broad SMARTS) is 1. The summed E-state index contributed by atoms with van der Waals surface area (Å²) in [5.74, 6) is -0.584. The highest BCUT2D eigenvalue weighted by Crippen LogP contribution is 2.17. The molecule has 0 aromatic heterocycles. The number of rotatable bonds is 4. The van der Waals surface area contributed by atoms with Gasteiger partial charge in [-0.05, 0) is 5.92 Å². The zero-order valence-electron chi connectivity index (χ0n) is 8.40. The molecule has 1 unspecified atom stereocenters. The number of carbonyl (C=O) groups is 2. The molecule has 80 valence electrons. The molecule has 0 spiro atoms. The van der Waals surface area contributed by atoms with Gasteiger partial charge in [0.05, 0.1) is 12.5 Å². The number of hydrogen-bond donors (Lipinski definition) is 1. The highest BCUT2D eigenvalue weighted by molar-refractivity contribution is 5.73. The summed E-state index contributed by atoms with van der Waals surface area (Å²) in [6.45, 7) is 4.70. The van der Waals surface area contributed by atoms with Gasteiger partial charge >= 0.3 is 12.1 Å². The molecule has 1 rings (SSSR count). The number of cyclic esters (lactones) is 1. The zero-order valence-corrected chi connectivity index (χ0v) is 8.40. The number of amides is 1. The van der Waals surface area contributed by atoms with Crippen LogP contribution in [-0.2, 0) is 9.53 Å². The van der Waals surface area contributed by atoms with Crippen molar-refractivity contribution < 1.29 is 19.4 Å². The van der Waals surface area contributed by atoms with Gasteiger partial charge in [0.25, 0.3) is 0 Å². The SMILES string of the molecule is CC(C)CN1C(=O)OCC1CC(=O)O. The Morgan fingerprint density at radius 2 is 2.36 bits per heavy atom. The van der Waals surface area contributed by atoms with Crippen LogP contribution in [0.25, 0.3) is 0 Å². The van der Waals surface area contributed by atoms with Crippen LogP contribution in [-0.4, -0.2) is 41.3 Å². The molecular weight excluding hydrogens is 186 g/mol. The van der Waals surface area contributed by atoms with E-state index in [2.05, 4.69) is 0 Å². The second kappa shape index (κ2) is 4.30. The topological polar surface area (TPSA) is 66.8 Å². The predicted octanol–water partition coefficient (Wildman–Crippen LogP) is 0.938. The summed E-state index contributed by atoms with van der Waals surface area (Å²) in [4.78, 5) is 23.2. The third-order valence-corrected chi connectivity index (χ3v) is 2.05. The molecule has 1 N–H and O–H groups in total. The van der Waals surface area contributed by atoms with Crippen molar-refractivity contribution in [3.05, 3.63) is 0 Å². The fourth-order valence-electron chi connectivity index (χ4n) is 1.48. The maximum atomic E-state index is 11.2. The molecule has 1 saturated heterocycles. The first-order valence-electron chi connectivity index (χ1n) is 4.66. The average molecular weight is 201 g/mol. The first kappa shape index (κ1) is 10.8. The molecule has 0 saturated carbocycles. The van der Waals surface area contributed by atoms with Gasteiger partial charge in [0.2, 0.25) is 0 Å². The van der Waals surface area contributed by atoms with Crippen molar-refractivity contribution in [2.75, 3.05) is 13.2 Å². The smallest absolute Gasteiger partial charge is 0.410 e. The Bertz CT molecular complexity index is 239. The van der Waals surface area contributed by atoms with Crippen LogP contribution in [0, 0.1) is 5.92 Å². The predicted molar refractivity (Wildman–Crippen MR) is 48.9 cm³/mol. The van der Waals surface area contributed by atoms with Crippen LogP contribution < -0.4 is 0 Å². The zero-order chi connectivity index (χ0) is 10.7. The van der Waals surface area contributed by atoms with Crippen molar-refractivity contribution >= 4 is 12.1 Å². The van der Waals surface area contributed by atoms with Crippen LogP contribution in [0.4, 0.5) is 4.79 Å². The van der Waals surface area contributed by atoms with Crippen LogP contribution >= 0.6 is 0 Å². The lowest BCUT2D eigenvalue weighted by molar-refractivity contribution is -0.138. The van der Waals surface area contributed by atoms with Crippen molar-refractivity contribution in [2.45, 2.75) is 26.3 Å². The Balaban J connectivity index is 2.57. The van der Waals surface area contributed by atoms with Gasteiger partial charge in [-0.15, -0.1) is 0 Å². The Kier molecular flexibility index (Phi) is 3.33. The number of aliphatic carboxylic acids is 1. The summed E-state index contributed by atoms with van der Waals surface area (Å²) in [5, 5.41) is 8.62. The Morgan fingerprint density at radius 1 is 1.71 bits per heavy atom.